The summed E-state index contributed by atoms with van der Waals surface area (Å²) in [7, 11) is 0. The van der Waals surface area contributed by atoms with Gasteiger partial charge in [-0.05, 0) is 18.2 Å². The first-order valence-electron chi connectivity index (χ1n) is 5.49. The summed E-state index contributed by atoms with van der Waals surface area (Å²) < 4.78 is 0. The highest BCUT2D eigenvalue weighted by Gasteiger charge is 2.09. The molecule has 0 aliphatic rings. The summed E-state index contributed by atoms with van der Waals surface area (Å²) in [5.41, 5.74) is 2.09. The molecule has 0 spiro atoms. The fourth-order valence-corrected chi connectivity index (χ4v) is 1.73. The van der Waals surface area contributed by atoms with Crippen LogP contribution in [0.25, 0.3) is 11.0 Å². The van der Waals surface area contributed by atoms with Gasteiger partial charge < -0.3 is 10.3 Å². The summed E-state index contributed by atoms with van der Waals surface area (Å²) in [5, 5.41) is 2.75. The number of hydrogen-bond acceptors (Lipinski definition) is 3. The molecule has 0 radical (unpaired) electrons. The van der Waals surface area contributed by atoms with Gasteiger partial charge >= 0.3 is 0 Å². The summed E-state index contributed by atoms with van der Waals surface area (Å²) in [6.45, 7) is 0. The van der Waals surface area contributed by atoms with Gasteiger partial charge in [-0.1, -0.05) is 18.2 Å². The monoisotopic (exact) mass is 238 g/mol. The van der Waals surface area contributed by atoms with E-state index in [9.17, 15) is 4.79 Å². The van der Waals surface area contributed by atoms with Gasteiger partial charge in [0.2, 0.25) is 0 Å². The molecule has 2 aromatic heterocycles. The van der Waals surface area contributed by atoms with Crippen LogP contribution in [-0.2, 0) is 0 Å². The second kappa shape index (κ2) is 4.29. The van der Waals surface area contributed by atoms with Crippen LogP contribution < -0.4 is 5.32 Å². The first kappa shape index (κ1) is 10.5. The van der Waals surface area contributed by atoms with Crippen LogP contribution in [0, 0.1) is 0 Å². The fourth-order valence-electron chi connectivity index (χ4n) is 1.73. The van der Waals surface area contributed by atoms with Crippen LogP contribution >= 0.6 is 0 Å². The van der Waals surface area contributed by atoms with E-state index in [-0.39, 0.29) is 5.91 Å². The number of carbonyl (C=O) groups excluding carboxylic acids is 1. The number of nitrogens with zero attached hydrogens (tertiary/aromatic N) is 2. The van der Waals surface area contributed by atoms with E-state index in [0.29, 0.717) is 16.9 Å². The average Bonchev–Trinajstić information content (AvgIpc) is 2.89. The summed E-state index contributed by atoms with van der Waals surface area (Å²) in [4.78, 5) is 23.2. The number of carbonyl (C=O) groups is 1. The van der Waals surface area contributed by atoms with Crippen molar-refractivity contribution >= 4 is 22.8 Å². The number of benzene rings is 1. The smallest absolute Gasteiger partial charge is 0.256 e. The van der Waals surface area contributed by atoms with E-state index in [4.69, 9.17) is 0 Å². The second-order valence-electron chi connectivity index (χ2n) is 3.78. The normalized spacial score (nSPS) is 10.4. The Hall–Kier alpha value is -2.69. The van der Waals surface area contributed by atoms with Crippen LogP contribution in [0.3, 0.4) is 0 Å². The predicted molar refractivity (Wildman–Crippen MR) is 68.3 cm³/mol. The number of amides is 1. The minimum absolute atomic E-state index is 0.196. The van der Waals surface area contributed by atoms with Gasteiger partial charge in [-0.25, -0.2) is 9.97 Å². The Bertz CT molecular complexity index is 690. The maximum Gasteiger partial charge on any atom is 0.256 e. The van der Waals surface area contributed by atoms with E-state index in [0.717, 1.165) is 5.52 Å². The number of imidazole rings is 1. The standard InChI is InChI=1S/C13H10N4O/c18-13(9-4-2-1-3-5-9)17-12-11-10(6-7-14-12)15-8-16-11/h1-8H,(H,15,16)(H,14,17,18). The van der Waals surface area contributed by atoms with Crippen molar-refractivity contribution in [3.63, 3.8) is 0 Å². The lowest BCUT2D eigenvalue weighted by Crippen LogP contribution is -2.13. The van der Waals surface area contributed by atoms with Crippen LogP contribution in [-0.4, -0.2) is 20.9 Å². The maximum atomic E-state index is 12.0. The van der Waals surface area contributed by atoms with E-state index in [1.165, 1.54) is 0 Å². The number of aromatic nitrogens is 3. The molecule has 5 nitrogen and oxygen atoms in total. The van der Waals surface area contributed by atoms with Crippen LogP contribution in [0.1, 0.15) is 10.4 Å². The largest absolute Gasteiger partial charge is 0.344 e. The first-order chi connectivity index (χ1) is 8.84. The van der Waals surface area contributed by atoms with Crippen molar-refractivity contribution < 1.29 is 4.79 Å². The third kappa shape index (κ3) is 1.82. The van der Waals surface area contributed by atoms with Crippen LogP contribution in [0.2, 0.25) is 0 Å². The van der Waals surface area contributed by atoms with Gasteiger partial charge in [0.15, 0.2) is 5.82 Å². The zero-order valence-electron chi connectivity index (χ0n) is 9.42. The highest BCUT2D eigenvalue weighted by Crippen LogP contribution is 2.17. The molecule has 0 atom stereocenters. The molecule has 0 fully saturated rings. The Kier molecular flexibility index (Phi) is 2.49. The number of H-pyrrole nitrogens is 1. The molecule has 0 saturated carbocycles. The highest BCUT2D eigenvalue weighted by atomic mass is 16.1. The molecular weight excluding hydrogens is 228 g/mol. The lowest BCUT2D eigenvalue weighted by molar-refractivity contribution is 0.102. The molecule has 1 aromatic carbocycles. The molecule has 18 heavy (non-hydrogen) atoms. The summed E-state index contributed by atoms with van der Waals surface area (Å²) in [6.07, 6.45) is 3.20. The van der Waals surface area contributed by atoms with E-state index in [1.807, 2.05) is 18.2 Å². The van der Waals surface area contributed by atoms with Crippen LogP contribution in [0.5, 0.6) is 0 Å². The Balaban J connectivity index is 1.93. The van der Waals surface area contributed by atoms with Crippen molar-refractivity contribution in [3.8, 4) is 0 Å². The molecule has 3 rings (SSSR count). The van der Waals surface area contributed by atoms with Crippen molar-refractivity contribution in [3.05, 3.63) is 54.5 Å². The zero-order valence-corrected chi connectivity index (χ0v) is 9.42. The lowest BCUT2D eigenvalue weighted by atomic mass is 10.2. The molecule has 0 saturated heterocycles. The SMILES string of the molecule is O=C(Nc1nccc2[nH]cnc12)c1ccccc1. The Morgan fingerprint density at radius 3 is 2.78 bits per heavy atom. The van der Waals surface area contributed by atoms with Gasteiger partial charge in [-0.3, -0.25) is 4.79 Å². The van der Waals surface area contributed by atoms with Gasteiger partial charge in [0.25, 0.3) is 5.91 Å². The molecule has 88 valence electrons. The third-order valence-corrected chi connectivity index (χ3v) is 2.61. The van der Waals surface area contributed by atoms with Crippen molar-refractivity contribution in [2.24, 2.45) is 0 Å². The number of anilines is 1. The Morgan fingerprint density at radius 1 is 1.11 bits per heavy atom. The molecular formula is C13H10N4O. The average molecular weight is 238 g/mol. The van der Waals surface area contributed by atoms with Crippen molar-refractivity contribution in [2.75, 3.05) is 5.32 Å². The number of rotatable bonds is 2. The van der Waals surface area contributed by atoms with E-state index >= 15 is 0 Å². The molecule has 0 bridgehead atoms. The Labute approximate surface area is 103 Å². The van der Waals surface area contributed by atoms with Gasteiger partial charge in [-0.15, -0.1) is 0 Å². The summed E-state index contributed by atoms with van der Waals surface area (Å²) >= 11 is 0. The van der Waals surface area contributed by atoms with E-state index in [1.54, 1.807) is 30.7 Å². The third-order valence-electron chi connectivity index (χ3n) is 2.61. The maximum absolute atomic E-state index is 12.0. The molecule has 1 amide bonds. The molecule has 0 unspecified atom stereocenters. The van der Waals surface area contributed by atoms with Gasteiger partial charge in [0.1, 0.15) is 5.52 Å². The molecule has 3 aromatic rings. The molecule has 0 aliphatic carbocycles. The van der Waals surface area contributed by atoms with E-state index < -0.39 is 0 Å². The first-order valence-corrected chi connectivity index (χ1v) is 5.49. The lowest BCUT2D eigenvalue weighted by Gasteiger charge is -2.04. The number of fused-ring (bicyclic) bond motifs is 1. The van der Waals surface area contributed by atoms with Gasteiger partial charge in [0.05, 0.1) is 11.8 Å². The Morgan fingerprint density at radius 2 is 1.94 bits per heavy atom. The predicted octanol–water partition coefficient (Wildman–Crippen LogP) is 2.21. The fraction of sp³-hybridized carbons (Fsp3) is 0. The quantitative estimate of drug-likeness (QED) is 0.719. The number of pyridine rings is 1. The van der Waals surface area contributed by atoms with Crippen molar-refractivity contribution in [2.45, 2.75) is 0 Å². The topological polar surface area (TPSA) is 70.7 Å². The molecule has 0 aliphatic heterocycles. The number of nitrogens with one attached hydrogen (secondary N) is 2. The van der Waals surface area contributed by atoms with Gasteiger partial charge in [-0.2, -0.15) is 0 Å². The van der Waals surface area contributed by atoms with Crippen LogP contribution in [0.15, 0.2) is 48.9 Å². The second-order valence-corrected chi connectivity index (χ2v) is 3.78. The van der Waals surface area contributed by atoms with Crippen molar-refractivity contribution in [1.82, 2.24) is 15.0 Å². The zero-order chi connectivity index (χ0) is 12.4. The van der Waals surface area contributed by atoms with Crippen LogP contribution in [0.4, 0.5) is 5.82 Å². The molecule has 5 heteroatoms. The van der Waals surface area contributed by atoms with Crippen molar-refractivity contribution in [1.29, 1.82) is 0 Å². The highest BCUT2D eigenvalue weighted by molar-refractivity contribution is 6.06. The molecule has 2 N–H and O–H groups in total. The number of hydrogen-bond donors (Lipinski definition) is 2. The minimum atomic E-state index is -0.196. The summed E-state index contributed by atoms with van der Waals surface area (Å²) in [6, 6.07) is 10.8. The van der Waals surface area contributed by atoms with E-state index in [2.05, 4.69) is 20.3 Å². The molecule has 2 heterocycles. The summed E-state index contributed by atoms with van der Waals surface area (Å²) in [5.74, 6) is 0.265. The van der Waals surface area contributed by atoms with Gasteiger partial charge in [0, 0.05) is 11.8 Å². The minimum Gasteiger partial charge on any atom is -0.344 e. The number of aromatic amines is 1.